The van der Waals surface area contributed by atoms with E-state index >= 15 is 0 Å². The molecule has 1 heterocycles. The largest absolute Gasteiger partial charge is 0.476 e. The van der Waals surface area contributed by atoms with Crippen LogP contribution in [0.1, 0.15) is 18.9 Å². The van der Waals surface area contributed by atoms with Gasteiger partial charge in [0.2, 0.25) is 11.8 Å². The number of ether oxygens (including phenoxy) is 2. The molecule has 0 aliphatic carbocycles. The van der Waals surface area contributed by atoms with Crippen LogP contribution in [0.2, 0.25) is 5.02 Å². The van der Waals surface area contributed by atoms with Crippen molar-refractivity contribution in [3.05, 3.63) is 47.0 Å². The van der Waals surface area contributed by atoms with Gasteiger partial charge < -0.3 is 15.2 Å². The van der Waals surface area contributed by atoms with E-state index in [1.807, 2.05) is 31.2 Å². The van der Waals surface area contributed by atoms with Crippen molar-refractivity contribution in [2.75, 3.05) is 12.3 Å². The van der Waals surface area contributed by atoms with Gasteiger partial charge in [0, 0.05) is 11.1 Å². The SMILES string of the molecule is CCCOc1nc(OCc2cccc(Cl)c2)ccc1N. The number of anilines is 1. The highest BCUT2D eigenvalue weighted by Crippen LogP contribution is 2.23. The number of pyridine rings is 1. The number of nitrogens with zero attached hydrogens (tertiary/aromatic N) is 1. The van der Waals surface area contributed by atoms with Crippen molar-refractivity contribution in [3.8, 4) is 11.8 Å². The molecule has 0 spiro atoms. The Balaban J connectivity index is 2.02. The molecule has 0 atom stereocenters. The predicted octanol–water partition coefficient (Wildman–Crippen LogP) is 3.69. The number of nitrogens with two attached hydrogens (primary N) is 1. The van der Waals surface area contributed by atoms with Gasteiger partial charge in [-0.15, -0.1) is 0 Å². The molecule has 1 aromatic heterocycles. The lowest BCUT2D eigenvalue weighted by Gasteiger charge is -2.10. The summed E-state index contributed by atoms with van der Waals surface area (Å²) >= 11 is 5.92. The van der Waals surface area contributed by atoms with Gasteiger partial charge in [-0.05, 0) is 30.2 Å². The average Bonchev–Trinajstić information content (AvgIpc) is 2.45. The molecule has 0 unspecified atom stereocenters. The van der Waals surface area contributed by atoms with Gasteiger partial charge in [0.1, 0.15) is 6.61 Å². The summed E-state index contributed by atoms with van der Waals surface area (Å²) in [5.41, 5.74) is 7.28. The highest BCUT2D eigenvalue weighted by atomic mass is 35.5. The van der Waals surface area contributed by atoms with E-state index in [1.165, 1.54) is 0 Å². The van der Waals surface area contributed by atoms with Crippen molar-refractivity contribution in [1.29, 1.82) is 0 Å². The zero-order valence-electron chi connectivity index (χ0n) is 11.3. The minimum Gasteiger partial charge on any atom is -0.476 e. The first kappa shape index (κ1) is 14.5. The summed E-state index contributed by atoms with van der Waals surface area (Å²) in [7, 11) is 0. The molecule has 2 N–H and O–H groups in total. The fourth-order valence-electron chi connectivity index (χ4n) is 1.61. The van der Waals surface area contributed by atoms with Crippen molar-refractivity contribution in [2.24, 2.45) is 0 Å². The molecule has 0 saturated heterocycles. The van der Waals surface area contributed by atoms with Gasteiger partial charge in [0.15, 0.2) is 0 Å². The maximum atomic E-state index is 5.92. The van der Waals surface area contributed by atoms with Crippen LogP contribution in [-0.2, 0) is 6.61 Å². The Bertz CT molecular complexity index is 576. The molecular weight excluding hydrogens is 276 g/mol. The molecule has 5 heteroatoms. The van der Waals surface area contributed by atoms with Crippen LogP contribution in [0.3, 0.4) is 0 Å². The van der Waals surface area contributed by atoms with Crippen molar-refractivity contribution in [2.45, 2.75) is 20.0 Å². The molecule has 106 valence electrons. The number of aromatic nitrogens is 1. The Morgan fingerprint density at radius 3 is 2.80 bits per heavy atom. The van der Waals surface area contributed by atoms with E-state index < -0.39 is 0 Å². The van der Waals surface area contributed by atoms with Crippen LogP contribution in [0.15, 0.2) is 36.4 Å². The van der Waals surface area contributed by atoms with Crippen molar-refractivity contribution >= 4 is 17.3 Å². The second-order valence-electron chi connectivity index (χ2n) is 4.31. The zero-order valence-corrected chi connectivity index (χ0v) is 12.1. The maximum absolute atomic E-state index is 5.92. The summed E-state index contributed by atoms with van der Waals surface area (Å²) < 4.78 is 11.1. The molecular formula is C15H17ClN2O2. The second kappa shape index (κ2) is 7.01. The van der Waals surface area contributed by atoms with Crippen LogP contribution in [-0.4, -0.2) is 11.6 Å². The first-order valence-corrected chi connectivity index (χ1v) is 6.83. The lowest BCUT2D eigenvalue weighted by Crippen LogP contribution is -2.03. The van der Waals surface area contributed by atoms with Crippen LogP contribution in [0.5, 0.6) is 11.8 Å². The lowest BCUT2D eigenvalue weighted by atomic mass is 10.2. The van der Waals surface area contributed by atoms with Gasteiger partial charge in [0.05, 0.1) is 12.3 Å². The summed E-state index contributed by atoms with van der Waals surface area (Å²) in [6.07, 6.45) is 0.898. The van der Waals surface area contributed by atoms with Gasteiger partial charge in [-0.2, -0.15) is 4.98 Å². The Morgan fingerprint density at radius 2 is 2.05 bits per heavy atom. The normalized spacial score (nSPS) is 10.3. The zero-order chi connectivity index (χ0) is 14.4. The Labute approximate surface area is 123 Å². The summed E-state index contributed by atoms with van der Waals surface area (Å²) in [4.78, 5) is 4.24. The minimum absolute atomic E-state index is 0.394. The molecule has 0 aliphatic rings. The van der Waals surface area contributed by atoms with Gasteiger partial charge in [0.25, 0.3) is 0 Å². The third-order valence-electron chi connectivity index (χ3n) is 2.58. The lowest BCUT2D eigenvalue weighted by molar-refractivity contribution is 0.274. The number of hydrogen-bond donors (Lipinski definition) is 1. The van der Waals surface area contributed by atoms with E-state index in [4.69, 9.17) is 26.8 Å². The average molecular weight is 293 g/mol. The Hall–Kier alpha value is -1.94. The fourth-order valence-corrected chi connectivity index (χ4v) is 1.83. The Kier molecular flexibility index (Phi) is 5.07. The number of nitrogen functional groups attached to an aromatic ring is 1. The molecule has 20 heavy (non-hydrogen) atoms. The summed E-state index contributed by atoms with van der Waals surface area (Å²) in [5, 5.41) is 0.684. The van der Waals surface area contributed by atoms with E-state index in [-0.39, 0.29) is 0 Å². The molecule has 2 aromatic rings. The van der Waals surface area contributed by atoms with Crippen LogP contribution < -0.4 is 15.2 Å². The standard InChI is InChI=1S/C15H17ClN2O2/c1-2-8-19-15-13(17)6-7-14(18-15)20-10-11-4-3-5-12(16)9-11/h3-7,9H,2,8,10,17H2,1H3. The quantitative estimate of drug-likeness (QED) is 0.882. The topological polar surface area (TPSA) is 57.4 Å². The maximum Gasteiger partial charge on any atom is 0.240 e. The molecule has 2 rings (SSSR count). The van der Waals surface area contributed by atoms with E-state index in [0.29, 0.717) is 35.7 Å². The van der Waals surface area contributed by atoms with E-state index in [9.17, 15) is 0 Å². The first-order valence-electron chi connectivity index (χ1n) is 6.45. The van der Waals surface area contributed by atoms with Crippen LogP contribution >= 0.6 is 11.6 Å². The smallest absolute Gasteiger partial charge is 0.240 e. The molecule has 4 nitrogen and oxygen atoms in total. The Morgan fingerprint density at radius 1 is 1.20 bits per heavy atom. The summed E-state index contributed by atoms with van der Waals surface area (Å²) in [6.45, 7) is 3.00. The van der Waals surface area contributed by atoms with Crippen LogP contribution in [0, 0.1) is 0 Å². The third kappa shape index (κ3) is 4.03. The summed E-state index contributed by atoms with van der Waals surface area (Å²) in [6, 6.07) is 10.9. The third-order valence-corrected chi connectivity index (χ3v) is 2.82. The minimum atomic E-state index is 0.394. The van der Waals surface area contributed by atoms with Gasteiger partial charge in [-0.1, -0.05) is 30.7 Å². The number of benzene rings is 1. The predicted molar refractivity (Wildman–Crippen MR) is 80.2 cm³/mol. The van der Waals surface area contributed by atoms with Crippen LogP contribution in [0.25, 0.3) is 0 Å². The van der Waals surface area contributed by atoms with Crippen molar-refractivity contribution < 1.29 is 9.47 Å². The highest BCUT2D eigenvalue weighted by Gasteiger charge is 2.05. The number of hydrogen-bond acceptors (Lipinski definition) is 4. The second-order valence-corrected chi connectivity index (χ2v) is 4.75. The molecule has 0 amide bonds. The number of halogens is 1. The first-order chi connectivity index (χ1) is 9.69. The van der Waals surface area contributed by atoms with E-state index in [1.54, 1.807) is 12.1 Å². The highest BCUT2D eigenvalue weighted by molar-refractivity contribution is 6.30. The van der Waals surface area contributed by atoms with Crippen LogP contribution in [0.4, 0.5) is 5.69 Å². The van der Waals surface area contributed by atoms with E-state index in [2.05, 4.69) is 4.98 Å². The van der Waals surface area contributed by atoms with E-state index in [0.717, 1.165) is 12.0 Å². The molecule has 0 radical (unpaired) electrons. The summed E-state index contributed by atoms with van der Waals surface area (Å²) in [5.74, 6) is 0.890. The van der Waals surface area contributed by atoms with Crippen molar-refractivity contribution in [1.82, 2.24) is 4.98 Å². The van der Waals surface area contributed by atoms with Crippen molar-refractivity contribution in [3.63, 3.8) is 0 Å². The van der Waals surface area contributed by atoms with Gasteiger partial charge in [-0.3, -0.25) is 0 Å². The number of rotatable bonds is 6. The monoisotopic (exact) mass is 292 g/mol. The molecule has 1 aromatic carbocycles. The van der Waals surface area contributed by atoms with Gasteiger partial charge >= 0.3 is 0 Å². The molecule has 0 fully saturated rings. The molecule has 0 bridgehead atoms. The molecule has 0 saturated carbocycles. The molecule has 0 aliphatic heterocycles. The fraction of sp³-hybridized carbons (Fsp3) is 0.267. The van der Waals surface area contributed by atoms with Gasteiger partial charge in [-0.25, -0.2) is 0 Å².